The van der Waals surface area contributed by atoms with Gasteiger partial charge >= 0.3 is 0 Å². The number of benzene rings is 1. The van der Waals surface area contributed by atoms with Gasteiger partial charge < -0.3 is 10.6 Å². The minimum atomic E-state index is -0.147. The first-order chi connectivity index (χ1) is 11.5. The van der Waals surface area contributed by atoms with Gasteiger partial charge in [0, 0.05) is 35.5 Å². The maximum absolute atomic E-state index is 12.2. The third-order valence-corrected chi connectivity index (χ3v) is 4.70. The quantitative estimate of drug-likeness (QED) is 0.808. The van der Waals surface area contributed by atoms with Gasteiger partial charge in [-0.1, -0.05) is 19.9 Å². The van der Waals surface area contributed by atoms with Crippen molar-refractivity contribution in [3.05, 3.63) is 45.4 Å². The number of carbonyl (C=O) groups is 2. The Morgan fingerprint density at radius 2 is 2.04 bits per heavy atom. The number of nitrogens with zero attached hydrogens (tertiary/aromatic N) is 1. The number of carbonyl (C=O) groups excluding carboxylic acids is 2. The fourth-order valence-corrected chi connectivity index (χ4v) is 3.32. The molecular weight excluding hydrogens is 322 g/mol. The molecule has 0 aliphatic carbocycles. The van der Waals surface area contributed by atoms with Crippen LogP contribution in [0.1, 0.15) is 46.2 Å². The molecule has 0 saturated heterocycles. The van der Waals surface area contributed by atoms with Crippen LogP contribution in [0.2, 0.25) is 0 Å². The summed E-state index contributed by atoms with van der Waals surface area (Å²) in [4.78, 5) is 29.5. The fraction of sp³-hybridized carbons (Fsp3) is 0.389. The molecule has 2 amide bonds. The second-order valence-electron chi connectivity index (χ2n) is 5.45. The largest absolute Gasteiger partial charge is 0.352 e. The average Bonchev–Trinajstić information content (AvgIpc) is 2.94. The Morgan fingerprint density at radius 1 is 1.25 bits per heavy atom. The molecule has 6 heteroatoms. The molecule has 2 aromatic rings. The molecule has 5 nitrogen and oxygen atoms in total. The molecule has 0 radical (unpaired) electrons. The molecule has 2 N–H and O–H groups in total. The van der Waals surface area contributed by atoms with Gasteiger partial charge in [-0.3, -0.25) is 9.59 Å². The summed E-state index contributed by atoms with van der Waals surface area (Å²) < 4.78 is 0. The van der Waals surface area contributed by atoms with Crippen molar-refractivity contribution in [3.63, 3.8) is 0 Å². The zero-order valence-corrected chi connectivity index (χ0v) is 15.1. The predicted molar refractivity (Wildman–Crippen MR) is 97.6 cm³/mol. The van der Waals surface area contributed by atoms with Gasteiger partial charge in [0.2, 0.25) is 5.91 Å². The van der Waals surface area contributed by atoms with Crippen molar-refractivity contribution in [2.45, 2.75) is 40.0 Å². The number of hydrogen-bond donors (Lipinski definition) is 2. The van der Waals surface area contributed by atoms with Crippen molar-refractivity contribution >= 4 is 28.8 Å². The van der Waals surface area contributed by atoms with Crippen molar-refractivity contribution in [1.29, 1.82) is 0 Å². The smallest absolute Gasteiger partial charge is 0.251 e. The van der Waals surface area contributed by atoms with Gasteiger partial charge in [-0.2, -0.15) is 0 Å². The van der Waals surface area contributed by atoms with Gasteiger partial charge in [-0.15, -0.1) is 11.3 Å². The summed E-state index contributed by atoms with van der Waals surface area (Å²) in [5.41, 5.74) is 2.31. The van der Waals surface area contributed by atoms with Crippen LogP contribution in [0.4, 0.5) is 5.69 Å². The number of anilines is 1. The van der Waals surface area contributed by atoms with Crippen LogP contribution in [0.15, 0.2) is 24.3 Å². The second-order valence-corrected chi connectivity index (χ2v) is 6.74. The van der Waals surface area contributed by atoms with E-state index in [0.29, 0.717) is 24.2 Å². The minimum Gasteiger partial charge on any atom is -0.352 e. The number of aryl methyl sites for hydroxylation is 2. The molecule has 0 bridgehead atoms. The Morgan fingerprint density at radius 3 is 2.71 bits per heavy atom. The molecule has 0 spiro atoms. The van der Waals surface area contributed by atoms with E-state index in [1.165, 1.54) is 4.88 Å². The van der Waals surface area contributed by atoms with Crippen LogP contribution >= 0.6 is 11.3 Å². The number of rotatable bonds is 7. The van der Waals surface area contributed by atoms with Gasteiger partial charge in [0.25, 0.3) is 5.91 Å². The van der Waals surface area contributed by atoms with E-state index in [9.17, 15) is 9.59 Å². The monoisotopic (exact) mass is 345 g/mol. The second kappa shape index (κ2) is 8.59. The van der Waals surface area contributed by atoms with Crippen molar-refractivity contribution in [3.8, 4) is 0 Å². The Balaban J connectivity index is 1.90. The van der Waals surface area contributed by atoms with Crippen LogP contribution in [0.5, 0.6) is 0 Å². The molecular formula is C18H23N3O2S. The third kappa shape index (κ3) is 4.89. The molecule has 0 unspecified atom stereocenters. The Bertz CT molecular complexity index is 725. The highest BCUT2D eigenvalue weighted by atomic mass is 32.1. The van der Waals surface area contributed by atoms with E-state index in [1.807, 2.05) is 0 Å². The van der Waals surface area contributed by atoms with Crippen molar-refractivity contribution in [1.82, 2.24) is 10.3 Å². The lowest BCUT2D eigenvalue weighted by atomic mass is 10.2. The molecule has 128 valence electrons. The van der Waals surface area contributed by atoms with Gasteiger partial charge in [0.15, 0.2) is 0 Å². The lowest BCUT2D eigenvalue weighted by Gasteiger charge is -2.07. The average molecular weight is 345 g/mol. The minimum absolute atomic E-state index is 0.0709. The lowest BCUT2D eigenvalue weighted by molar-refractivity contribution is -0.115. The standard InChI is InChI=1S/C18H23N3O2S/c1-4-15-12(3)24-17(21-15)9-10-19-18(23)13-7-6-8-14(11-13)20-16(22)5-2/h6-8,11H,4-5,9-10H2,1-3H3,(H,19,23)(H,20,22). The van der Waals surface area contributed by atoms with Gasteiger partial charge in [-0.05, 0) is 31.5 Å². The predicted octanol–water partition coefficient (Wildman–Crippen LogP) is 3.33. The number of nitrogens with one attached hydrogen (secondary N) is 2. The Hall–Kier alpha value is -2.21. The maximum Gasteiger partial charge on any atom is 0.251 e. The van der Waals surface area contributed by atoms with Gasteiger partial charge in [0.1, 0.15) is 0 Å². The first kappa shape index (κ1) is 18.1. The highest BCUT2D eigenvalue weighted by molar-refractivity contribution is 7.11. The molecule has 0 atom stereocenters. The van der Waals surface area contributed by atoms with Crippen LogP contribution in [0.25, 0.3) is 0 Å². The maximum atomic E-state index is 12.2. The summed E-state index contributed by atoms with van der Waals surface area (Å²) in [7, 11) is 0. The highest BCUT2D eigenvalue weighted by Crippen LogP contribution is 2.18. The molecule has 24 heavy (non-hydrogen) atoms. The SMILES string of the molecule is CCC(=O)Nc1cccc(C(=O)NCCc2nc(CC)c(C)s2)c1. The van der Waals surface area contributed by atoms with Crippen LogP contribution in [0, 0.1) is 6.92 Å². The van der Waals surface area contributed by atoms with E-state index < -0.39 is 0 Å². The summed E-state index contributed by atoms with van der Waals surface area (Å²) in [6, 6.07) is 6.96. The highest BCUT2D eigenvalue weighted by Gasteiger charge is 2.09. The molecule has 0 aliphatic heterocycles. The zero-order valence-electron chi connectivity index (χ0n) is 14.3. The first-order valence-electron chi connectivity index (χ1n) is 8.16. The van der Waals surface area contributed by atoms with E-state index in [0.717, 1.165) is 23.5 Å². The molecule has 0 aliphatic rings. The van der Waals surface area contributed by atoms with Gasteiger partial charge in [-0.25, -0.2) is 4.98 Å². The number of thiazole rings is 1. The van der Waals surface area contributed by atoms with Crippen molar-refractivity contribution in [2.75, 3.05) is 11.9 Å². The fourth-order valence-electron chi connectivity index (χ4n) is 2.30. The summed E-state index contributed by atoms with van der Waals surface area (Å²) in [5, 5.41) is 6.71. The van der Waals surface area contributed by atoms with Crippen LogP contribution in [-0.4, -0.2) is 23.3 Å². The number of aromatic nitrogens is 1. The van der Waals surface area contributed by atoms with Crippen LogP contribution in [0.3, 0.4) is 0 Å². The summed E-state index contributed by atoms with van der Waals surface area (Å²) >= 11 is 1.69. The summed E-state index contributed by atoms with van der Waals surface area (Å²) in [6.07, 6.45) is 2.07. The Kier molecular flexibility index (Phi) is 6.49. The summed E-state index contributed by atoms with van der Waals surface area (Å²) in [5.74, 6) is -0.218. The normalized spacial score (nSPS) is 10.5. The van der Waals surface area contributed by atoms with Gasteiger partial charge in [0.05, 0.1) is 10.7 Å². The van der Waals surface area contributed by atoms with Crippen LogP contribution in [-0.2, 0) is 17.6 Å². The summed E-state index contributed by atoms with van der Waals surface area (Å²) in [6.45, 7) is 6.50. The topological polar surface area (TPSA) is 71.1 Å². The van der Waals surface area contributed by atoms with E-state index in [1.54, 1.807) is 42.5 Å². The molecule has 0 fully saturated rings. The molecule has 2 rings (SSSR count). The molecule has 1 aromatic heterocycles. The Labute approximate surface area is 146 Å². The van der Waals surface area contributed by atoms with E-state index in [4.69, 9.17) is 0 Å². The van der Waals surface area contributed by atoms with Crippen molar-refractivity contribution < 1.29 is 9.59 Å². The zero-order chi connectivity index (χ0) is 17.5. The first-order valence-corrected chi connectivity index (χ1v) is 8.98. The molecule has 0 saturated carbocycles. The number of amides is 2. The van der Waals surface area contributed by atoms with Crippen LogP contribution < -0.4 is 10.6 Å². The third-order valence-electron chi connectivity index (χ3n) is 3.63. The molecule has 1 aromatic carbocycles. The van der Waals surface area contributed by atoms with E-state index >= 15 is 0 Å². The lowest BCUT2D eigenvalue weighted by Crippen LogP contribution is -2.25. The number of hydrogen-bond acceptors (Lipinski definition) is 4. The van der Waals surface area contributed by atoms with Crippen molar-refractivity contribution in [2.24, 2.45) is 0 Å². The van der Waals surface area contributed by atoms with E-state index in [2.05, 4.69) is 29.5 Å². The van der Waals surface area contributed by atoms with E-state index in [-0.39, 0.29) is 11.8 Å². The molecule has 1 heterocycles.